The molecule has 1 aliphatic rings. The topological polar surface area (TPSA) is 21.3 Å². The van der Waals surface area contributed by atoms with Crippen LogP contribution in [0.5, 0.6) is 0 Å². The molecule has 3 heteroatoms. The average Bonchev–Trinajstić information content (AvgIpc) is 4.01. The summed E-state index contributed by atoms with van der Waals surface area (Å²) in [4.78, 5) is 2.41. The van der Waals surface area contributed by atoms with Gasteiger partial charge in [-0.3, -0.25) is 0 Å². The molecule has 0 spiro atoms. The molecular weight excluding hydrogens is 801 g/mol. The van der Waals surface area contributed by atoms with Gasteiger partial charge in [0.15, 0.2) is 0 Å². The molecule has 0 saturated carbocycles. The monoisotopic (exact) mass is 844 g/mol. The van der Waals surface area contributed by atoms with Crippen LogP contribution in [0.3, 0.4) is 0 Å². The van der Waals surface area contributed by atoms with Crippen LogP contribution in [-0.4, -0.2) is 4.57 Å². The number of hydrogen-bond acceptors (Lipinski definition) is 2. The van der Waals surface area contributed by atoms with Crippen LogP contribution < -0.4 is 4.90 Å². The third-order valence-electron chi connectivity index (χ3n) is 14.0. The highest BCUT2D eigenvalue weighted by atomic mass is 16.3. The molecule has 2 heterocycles. The number of nitrogens with zero attached hydrogens (tertiary/aromatic N) is 2. The Morgan fingerprint density at radius 1 is 0.394 bits per heavy atom. The predicted molar refractivity (Wildman–Crippen MR) is 277 cm³/mol. The largest absolute Gasteiger partial charge is 0.455 e. The molecule has 13 rings (SSSR count). The van der Waals surface area contributed by atoms with Crippen molar-refractivity contribution in [2.75, 3.05) is 4.90 Å². The van der Waals surface area contributed by atoms with Crippen LogP contribution in [0.25, 0.3) is 93.9 Å². The zero-order valence-corrected chi connectivity index (χ0v) is 36.7. The number of furan rings is 1. The molecule has 0 aliphatic heterocycles. The average molecular weight is 845 g/mol. The second-order valence-electron chi connectivity index (χ2n) is 18.1. The first-order valence-corrected chi connectivity index (χ1v) is 22.8. The lowest BCUT2D eigenvalue weighted by atomic mass is 9.81. The molecule has 10 aromatic carbocycles. The van der Waals surface area contributed by atoms with Gasteiger partial charge in [-0.15, -0.1) is 0 Å². The van der Waals surface area contributed by atoms with Gasteiger partial charge >= 0.3 is 0 Å². The maximum Gasteiger partial charge on any atom is 0.145 e. The Balaban J connectivity index is 0.995. The summed E-state index contributed by atoms with van der Waals surface area (Å²) in [6.07, 6.45) is 0. The number of aromatic nitrogens is 1. The molecule has 0 atom stereocenters. The highest BCUT2D eigenvalue weighted by Gasteiger charge is 2.35. The fourth-order valence-electron chi connectivity index (χ4n) is 10.8. The standard InChI is InChI=1S/C63H44N2O/c1-63(2)55-26-10-6-22-50(55)51-35-32-44(40-56(51)63)43-18-14-20-47(38-43)64(46-33-30-42(31-34-46)41-16-4-3-5-17-41)59-37-36-49(62-61(59)54-25-9-13-29-60(54)66-62)45-19-15-21-48(39-45)65-57-27-11-7-23-52(57)53-24-8-12-28-58(53)65/h3-40H,1-2H3. The molecule has 12 aromatic rings. The summed E-state index contributed by atoms with van der Waals surface area (Å²) in [5, 5.41) is 4.63. The Labute approximate surface area is 384 Å². The third kappa shape index (κ3) is 5.90. The van der Waals surface area contributed by atoms with E-state index in [1.54, 1.807) is 0 Å². The number of hydrogen-bond donors (Lipinski definition) is 0. The van der Waals surface area contributed by atoms with Crippen LogP contribution >= 0.6 is 0 Å². The zero-order chi connectivity index (χ0) is 43.9. The van der Waals surface area contributed by atoms with E-state index in [4.69, 9.17) is 4.42 Å². The van der Waals surface area contributed by atoms with Crippen molar-refractivity contribution < 1.29 is 4.42 Å². The minimum atomic E-state index is -0.0925. The van der Waals surface area contributed by atoms with Crippen molar-refractivity contribution in [3.8, 4) is 50.2 Å². The van der Waals surface area contributed by atoms with E-state index in [9.17, 15) is 0 Å². The summed E-state index contributed by atoms with van der Waals surface area (Å²) in [6.45, 7) is 4.70. The fraction of sp³-hybridized carbons (Fsp3) is 0.0476. The van der Waals surface area contributed by atoms with E-state index in [1.807, 2.05) is 0 Å². The van der Waals surface area contributed by atoms with Crippen molar-refractivity contribution >= 4 is 60.8 Å². The Morgan fingerprint density at radius 3 is 1.79 bits per heavy atom. The van der Waals surface area contributed by atoms with Crippen molar-refractivity contribution in [1.82, 2.24) is 4.57 Å². The van der Waals surface area contributed by atoms with Gasteiger partial charge in [0, 0.05) is 44.2 Å². The first-order valence-electron chi connectivity index (χ1n) is 22.8. The van der Waals surface area contributed by atoms with Gasteiger partial charge in [-0.2, -0.15) is 0 Å². The second kappa shape index (κ2) is 14.8. The Morgan fingerprint density at radius 2 is 0.985 bits per heavy atom. The van der Waals surface area contributed by atoms with Crippen molar-refractivity contribution in [2.45, 2.75) is 19.3 Å². The van der Waals surface area contributed by atoms with Crippen molar-refractivity contribution in [3.63, 3.8) is 0 Å². The van der Waals surface area contributed by atoms with Crippen LogP contribution in [0.2, 0.25) is 0 Å². The van der Waals surface area contributed by atoms with Crippen LogP contribution in [0.4, 0.5) is 17.1 Å². The fourth-order valence-corrected chi connectivity index (χ4v) is 10.8. The molecule has 2 aromatic heterocycles. The first kappa shape index (κ1) is 38.1. The van der Waals surface area contributed by atoms with Gasteiger partial charge in [0.2, 0.25) is 0 Å². The summed E-state index contributed by atoms with van der Waals surface area (Å²) in [6, 6.07) is 83.7. The van der Waals surface area contributed by atoms with E-state index in [-0.39, 0.29) is 5.41 Å². The van der Waals surface area contributed by atoms with Crippen LogP contribution in [-0.2, 0) is 5.41 Å². The maximum atomic E-state index is 7.00. The van der Waals surface area contributed by atoms with Gasteiger partial charge in [0.1, 0.15) is 11.2 Å². The summed E-state index contributed by atoms with van der Waals surface area (Å²) >= 11 is 0. The van der Waals surface area contributed by atoms with Crippen LogP contribution in [0.15, 0.2) is 235 Å². The predicted octanol–water partition coefficient (Wildman–Crippen LogP) is 17.5. The second-order valence-corrected chi connectivity index (χ2v) is 18.1. The molecular formula is C63H44N2O. The SMILES string of the molecule is CC1(C)c2ccccc2-c2ccc(-c3cccc(N(c4ccc(-c5ccccc5)cc4)c4ccc(-c5cccc(-n6c7ccccc7c7ccccc76)c5)c5oc6ccccc6c45)c3)cc21. The molecule has 3 nitrogen and oxygen atoms in total. The summed E-state index contributed by atoms with van der Waals surface area (Å²) in [5.41, 5.74) is 20.5. The summed E-state index contributed by atoms with van der Waals surface area (Å²) in [7, 11) is 0. The zero-order valence-electron chi connectivity index (χ0n) is 36.7. The van der Waals surface area contributed by atoms with Gasteiger partial charge in [-0.1, -0.05) is 172 Å². The molecule has 0 N–H and O–H groups in total. The van der Waals surface area contributed by atoms with E-state index in [1.165, 1.54) is 66.3 Å². The number of rotatable bonds is 7. The Kier molecular flexibility index (Phi) is 8.56. The molecule has 0 radical (unpaired) electrons. The Hall–Kier alpha value is -8.40. The van der Waals surface area contributed by atoms with Crippen molar-refractivity contribution in [2.24, 2.45) is 0 Å². The van der Waals surface area contributed by atoms with Gasteiger partial charge < -0.3 is 13.9 Å². The first-order chi connectivity index (χ1) is 32.5. The van der Waals surface area contributed by atoms with E-state index >= 15 is 0 Å². The normalized spacial score (nSPS) is 12.8. The van der Waals surface area contributed by atoms with Crippen LogP contribution in [0, 0.1) is 0 Å². The third-order valence-corrected chi connectivity index (χ3v) is 14.0. The lowest BCUT2D eigenvalue weighted by molar-refractivity contribution is 0.660. The molecule has 66 heavy (non-hydrogen) atoms. The van der Waals surface area contributed by atoms with E-state index < -0.39 is 0 Å². The molecule has 312 valence electrons. The smallest absolute Gasteiger partial charge is 0.145 e. The summed E-state index contributed by atoms with van der Waals surface area (Å²) < 4.78 is 9.38. The number of para-hydroxylation sites is 3. The molecule has 1 aliphatic carbocycles. The number of anilines is 3. The lowest BCUT2D eigenvalue weighted by Gasteiger charge is -2.27. The summed E-state index contributed by atoms with van der Waals surface area (Å²) in [5.74, 6) is 0. The minimum Gasteiger partial charge on any atom is -0.455 e. The van der Waals surface area contributed by atoms with E-state index in [2.05, 4.69) is 254 Å². The molecule has 0 bridgehead atoms. The van der Waals surface area contributed by atoms with E-state index in [0.717, 1.165) is 55.8 Å². The molecule has 0 unspecified atom stereocenters. The highest BCUT2D eigenvalue weighted by Crippen LogP contribution is 2.51. The van der Waals surface area contributed by atoms with Gasteiger partial charge in [0.05, 0.1) is 22.1 Å². The van der Waals surface area contributed by atoms with Crippen molar-refractivity contribution in [3.05, 3.63) is 242 Å². The van der Waals surface area contributed by atoms with Crippen molar-refractivity contribution in [1.29, 1.82) is 0 Å². The molecule has 0 saturated heterocycles. The van der Waals surface area contributed by atoms with E-state index in [0.29, 0.717) is 0 Å². The lowest BCUT2D eigenvalue weighted by Crippen LogP contribution is -2.14. The van der Waals surface area contributed by atoms with Gasteiger partial charge in [-0.25, -0.2) is 0 Å². The number of fused-ring (bicyclic) bond motifs is 9. The molecule has 0 fully saturated rings. The van der Waals surface area contributed by atoms with Gasteiger partial charge in [0.25, 0.3) is 0 Å². The highest BCUT2D eigenvalue weighted by molar-refractivity contribution is 6.17. The number of benzene rings is 10. The Bertz CT molecular complexity index is 3800. The minimum absolute atomic E-state index is 0.0925. The van der Waals surface area contributed by atoms with Crippen LogP contribution in [0.1, 0.15) is 25.0 Å². The maximum absolute atomic E-state index is 7.00. The quantitative estimate of drug-likeness (QED) is 0.159. The van der Waals surface area contributed by atoms with Gasteiger partial charge in [-0.05, 0) is 123 Å². The molecule has 0 amide bonds.